The largest absolute Gasteiger partial charge is 0.465 e. The minimum Gasteiger partial charge on any atom is -0.465 e. The Bertz CT molecular complexity index is 426. The van der Waals surface area contributed by atoms with Crippen molar-refractivity contribution >= 4 is 22.8 Å². The molecule has 0 saturated heterocycles. The molecule has 1 rings (SSSR count). The average Bonchev–Trinajstić information content (AvgIpc) is 2.29. The monoisotopic (exact) mass is 268 g/mol. The Morgan fingerprint density at radius 2 is 1.83 bits per heavy atom. The van der Waals surface area contributed by atoms with Crippen molar-refractivity contribution < 1.29 is 14.3 Å². The number of esters is 1. The van der Waals surface area contributed by atoms with Gasteiger partial charge in [-0.25, -0.2) is 0 Å². The van der Waals surface area contributed by atoms with E-state index in [9.17, 15) is 9.59 Å². The van der Waals surface area contributed by atoms with Gasteiger partial charge in [-0.1, -0.05) is 44.2 Å². The SMILES string of the molecule is CCOC(=O)C(C(=O)Cl)C(C)(C)c1ccccc1. The number of rotatable bonds is 5. The summed E-state index contributed by atoms with van der Waals surface area (Å²) < 4.78 is 4.93. The predicted molar refractivity (Wildman–Crippen MR) is 70.5 cm³/mol. The van der Waals surface area contributed by atoms with Crippen molar-refractivity contribution in [1.29, 1.82) is 0 Å². The maximum Gasteiger partial charge on any atom is 0.318 e. The molecule has 3 nitrogen and oxygen atoms in total. The fourth-order valence-corrected chi connectivity index (χ4v) is 2.29. The smallest absolute Gasteiger partial charge is 0.318 e. The van der Waals surface area contributed by atoms with Crippen LogP contribution in [0.5, 0.6) is 0 Å². The average molecular weight is 269 g/mol. The van der Waals surface area contributed by atoms with Crippen molar-refractivity contribution in [1.82, 2.24) is 0 Å². The molecule has 0 aliphatic rings. The highest BCUT2D eigenvalue weighted by molar-refractivity contribution is 6.65. The van der Waals surface area contributed by atoms with Gasteiger partial charge < -0.3 is 4.74 Å². The standard InChI is InChI=1S/C14H17ClO3/c1-4-18-13(17)11(12(15)16)14(2,3)10-8-6-5-7-9-10/h5-9,11H,4H2,1-3H3. The molecule has 0 amide bonds. The van der Waals surface area contributed by atoms with Crippen molar-refractivity contribution in [3.63, 3.8) is 0 Å². The Hall–Kier alpha value is -1.35. The summed E-state index contributed by atoms with van der Waals surface area (Å²) in [7, 11) is 0. The van der Waals surface area contributed by atoms with Crippen molar-refractivity contribution in [2.24, 2.45) is 5.92 Å². The summed E-state index contributed by atoms with van der Waals surface area (Å²) in [5.74, 6) is -1.58. The molecule has 98 valence electrons. The molecule has 1 aromatic carbocycles. The van der Waals surface area contributed by atoms with Gasteiger partial charge in [-0.05, 0) is 24.1 Å². The van der Waals surface area contributed by atoms with Gasteiger partial charge >= 0.3 is 5.97 Å². The van der Waals surface area contributed by atoms with Crippen LogP contribution >= 0.6 is 11.6 Å². The zero-order valence-electron chi connectivity index (χ0n) is 10.8. The fourth-order valence-electron chi connectivity index (χ4n) is 1.93. The summed E-state index contributed by atoms with van der Waals surface area (Å²) in [5, 5.41) is -0.692. The van der Waals surface area contributed by atoms with E-state index in [0.717, 1.165) is 5.56 Å². The van der Waals surface area contributed by atoms with Crippen LogP contribution in [0, 0.1) is 5.92 Å². The van der Waals surface area contributed by atoms with Gasteiger partial charge in [-0.3, -0.25) is 9.59 Å². The van der Waals surface area contributed by atoms with E-state index in [0.29, 0.717) is 0 Å². The molecule has 0 saturated carbocycles. The Morgan fingerprint density at radius 1 is 1.28 bits per heavy atom. The predicted octanol–water partition coefficient (Wildman–Crippen LogP) is 2.91. The minimum atomic E-state index is -0.999. The van der Waals surface area contributed by atoms with Crippen LogP contribution < -0.4 is 0 Å². The molecule has 1 unspecified atom stereocenters. The van der Waals surface area contributed by atoms with Crippen LogP contribution in [-0.4, -0.2) is 17.8 Å². The second kappa shape index (κ2) is 6.01. The van der Waals surface area contributed by atoms with Crippen LogP contribution in [0.25, 0.3) is 0 Å². The van der Waals surface area contributed by atoms with E-state index in [-0.39, 0.29) is 6.61 Å². The van der Waals surface area contributed by atoms with Crippen LogP contribution in [0.4, 0.5) is 0 Å². The lowest BCUT2D eigenvalue weighted by molar-refractivity contribution is -0.152. The first-order valence-electron chi connectivity index (χ1n) is 5.82. The molecule has 0 fully saturated rings. The topological polar surface area (TPSA) is 43.4 Å². The first-order chi connectivity index (χ1) is 8.41. The lowest BCUT2D eigenvalue weighted by Gasteiger charge is -2.30. The third-order valence-corrected chi connectivity index (χ3v) is 3.21. The van der Waals surface area contributed by atoms with Gasteiger partial charge in [0, 0.05) is 5.41 Å². The summed E-state index contributed by atoms with van der Waals surface area (Å²) in [6, 6.07) is 9.33. The van der Waals surface area contributed by atoms with E-state index < -0.39 is 22.5 Å². The Balaban J connectivity index is 3.12. The van der Waals surface area contributed by atoms with E-state index >= 15 is 0 Å². The molecule has 0 radical (unpaired) electrons. The molecule has 4 heteroatoms. The van der Waals surface area contributed by atoms with Crippen LogP contribution in [0.2, 0.25) is 0 Å². The Morgan fingerprint density at radius 3 is 2.28 bits per heavy atom. The van der Waals surface area contributed by atoms with E-state index in [1.807, 2.05) is 44.2 Å². The number of ether oxygens (including phenoxy) is 1. The minimum absolute atomic E-state index is 0.227. The van der Waals surface area contributed by atoms with Gasteiger partial charge in [-0.2, -0.15) is 0 Å². The van der Waals surface area contributed by atoms with Crippen LogP contribution in [-0.2, 0) is 19.7 Å². The Labute approximate surface area is 112 Å². The number of halogens is 1. The summed E-state index contributed by atoms with van der Waals surface area (Å²) in [6.45, 7) is 5.54. The Kier molecular flexibility index (Phi) is 4.91. The highest BCUT2D eigenvalue weighted by Crippen LogP contribution is 2.34. The lowest BCUT2D eigenvalue weighted by atomic mass is 9.74. The summed E-state index contributed by atoms with van der Waals surface area (Å²) in [5.41, 5.74) is 0.170. The van der Waals surface area contributed by atoms with Crippen molar-refractivity contribution in [3.05, 3.63) is 35.9 Å². The molecule has 0 heterocycles. The summed E-state index contributed by atoms with van der Waals surface area (Å²) >= 11 is 5.57. The molecule has 0 spiro atoms. The lowest BCUT2D eigenvalue weighted by Crippen LogP contribution is -2.39. The number of carbonyl (C=O) groups is 2. The number of benzene rings is 1. The van der Waals surface area contributed by atoms with Gasteiger partial charge in [0.25, 0.3) is 0 Å². The van der Waals surface area contributed by atoms with Gasteiger partial charge in [-0.15, -0.1) is 0 Å². The van der Waals surface area contributed by atoms with Crippen LogP contribution in [0.1, 0.15) is 26.3 Å². The maximum absolute atomic E-state index is 11.9. The van der Waals surface area contributed by atoms with E-state index in [2.05, 4.69) is 0 Å². The van der Waals surface area contributed by atoms with E-state index in [1.165, 1.54) is 0 Å². The quantitative estimate of drug-likeness (QED) is 0.468. The van der Waals surface area contributed by atoms with Gasteiger partial charge in [0.05, 0.1) is 6.61 Å². The molecule has 0 aliphatic heterocycles. The highest BCUT2D eigenvalue weighted by atomic mass is 35.5. The van der Waals surface area contributed by atoms with Crippen LogP contribution in [0.3, 0.4) is 0 Å². The number of carbonyl (C=O) groups excluding carboxylic acids is 2. The van der Waals surface area contributed by atoms with Gasteiger partial charge in [0.2, 0.25) is 5.24 Å². The van der Waals surface area contributed by atoms with Crippen molar-refractivity contribution in [2.45, 2.75) is 26.2 Å². The van der Waals surface area contributed by atoms with Crippen molar-refractivity contribution in [3.8, 4) is 0 Å². The molecule has 0 aliphatic carbocycles. The molecule has 0 N–H and O–H groups in total. The third-order valence-electron chi connectivity index (χ3n) is 2.99. The maximum atomic E-state index is 11.9. The van der Waals surface area contributed by atoms with E-state index in [4.69, 9.17) is 16.3 Å². The zero-order chi connectivity index (χ0) is 13.8. The molecule has 0 bridgehead atoms. The van der Waals surface area contributed by atoms with E-state index in [1.54, 1.807) is 6.92 Å². The van der Waals surface area contributed by atoms with Gasteiger partial charge in [0.15, 0.2) is 0 Å². The van der Waals surface area contributed by atoms with Gasteiger partial charge in [0.1, 0.15) is 5.92 Å². The fraction of sp³-hybridized carbons (Fsp3) is 0.429. The number of hydrogen-bond donors (Lipinski definition) is 0. The highest BCUT2D eigenvalue weighted by Gasteiger charge is 2.42. The molecule has 1 atom stereocenters. The number of hydrogen-bond acceptors (Lipinski definition) is 3. The summed E-state index contributed by atoms with van der Waals surface area (Å²) in [6.07, 6.45) is 0. The molecule has 0 aromatic heterocycles. The van der Waals surface area contributed by atoms with Crippen molar-refractivity contribution in [2.75, 3.05) is 6.61 Å². The third kappa shape index (κ3) is 3.10. The first kappa shape index (κ1) is 14.7. The molecule has 1 aromatic rings. The molecule has 18 heavy (non-hydrogen) atoms. The summed E-state index contributed by atoms with van der Waals surface area (Å²) in [4.78, 5) is 23.4. The normalized spacial score (nSPS) is 12.9. The zero-order valence-corrected chi connectivity index (χ0v) is 11.5. The first-order valence-corrected chi connectivity index (χ1v) is 6.20. The second-order valence-electron chi connectivity index (χ2n) is 4.58. The molecular weight excluding hydrogens is 252 g/mol. The molecular formula is C14H17ClO3. The second-order valence-corrected chi connectivity index (χ2v) is 4.95. The van der Waals surface area contributed by atoms with Crippen LogP contribution in [0.15, 0.2) is 30.3 Å².